The lowest BCUT2D eigenvalue weighted by Crippen LogP contribution is -2.22. The number of nitrogens with one attached hydrogen (secondary N) is 1. The highest BCUT2D eigenvalue weighted by Gasteiger charge is 2.35. The molecule has 108 valence electrons. The molecule has 0 amide bonds. The maximum Gasteiger partial charge on any atom is 0.348 e. The third kappa shape index (κ3) is 2.90. The molecule has 1 heterocycles. The molecule has 0 aliphatic heterocycles. The summed E-state index contributed by atoms with van der Waals surface area (Å²) in [5.74, 6) is 0. The first-order chi connectivity index (χ1) is 9.22. The lowest BCUT2D eigenvalue weighted by atomic mass is 10.2. The van der Waals surface area contributed by atoms with Gasteiger partial charge in [-0.3, -0.25) is 4.68 Å². The second-order valence-electron chi connectivity index (χ2n) is 4.43. The normalized spacial score (nSPS) is 14.1. The van der Waals surface area contributed by atoms with E-state index in [0.29, 0.717) is 11.3 Å². The first-order valence-electron chi connectivity index (χ1n) is 5.71. The van der Waals surface area contributed by atoms with E-state index in [9.17, 15) is 8.76 Å². The van der Waals surface area contributed by atoms with Crippen LogP contribution in [0.2, 0.25) is 5.02 Å². The molecule has 8 heteroatoms. The molecule has 1 aromatic carbocycles. The molecule has 0 aliphatic carbocycles. The van der Waals surface area contributed by atoms with Gasteiger partial charge in [-0.15, -0.1) is 0 Å². The van der Waals surface area contributed by atoms with Crippen LogP contribution < -0.4 is 4.72 Å². The summed E-state index contributed by atoms with van der Waals surface area (Å²) in [6.45, 7) is 3.54. The van der Waals surface area contributed by atoms with Crippen LogP contribution in [-0.4, -0.2) is 14.3 Å². The fourth-order valence-electron chi connectivity index (χ4n) is 1.84. The monoisotopic (exact) mass is 378 g/mol. The average Bonchev–Trinajstić information content (AvgIpc) is 2.58. The highest BCUT2D eigenvalue weighted by Crippen LogP contribution is 2.33. The number of hydrogen-bond donors (Lipinski definition) is 2. The number of anilines is 1. The van der Waals surface area contributed by atoms with Crippen molar-refractivity contribution in [3.63, 3.8) is 0 Å². The number of benzene rings is 1. The Morgan fingerprint density at radius 1 is 1.45 bits per heavy atom. The van der Waals surface area contributed by atoms with Crippen LogP contribution in [0.15, 0.2) is 27.7 Å². The van der Waals surface area contributed by atoms with E-state index in [2.05, 4.69) is 25.8 Å². The third-order valence-corrected chi connectivity index (χ3v) is 5.41. The lowest BCUT2D eigenvalue weighted by Gasteiger charge is -2.10. The summed E-state index contributed by atoms with van der Waals surface area (Å²) >= 11 is 9.40. The predicted octanol–water partition coefficient (Wildman–Crippen LogP) is 3.81. The van der Waals surface area contributed by atoms with Gasteiger partial charge in [-0.25, -0.2) is 0 Å². The van der Waals surface area contributed by atoms with E-state index in [1.54, 1.807) is 37.7 Å². The summed E-state index contributed by atoms with van der Waals surface area (Å²) in [5, 5.41) is 4.26. The van der Waals surface area contributed by atoms with Crippen molar-refractivity contribution in [1.29, 1.82) is 0 Å². The van der Waals surface area contributed by atoms with Gasteiger partial charge in [0, 0.05) is 17.1 Å². The second-order valence-corrected chi connectivity index (χ2v) is 7.42. The zero-order valence-electron chi connectivity index (χ0n) is 11.1. The fourth-order valence-corrected chi connectivity index (χ4v) is 4.54. The minimum Gasteiger partial charge on any atom is -0.271 e. The fraction of sp³-hybridized carbons (Fsp3) is 0.250. The topological polar surface area (TPSA) is 67.2 Å². The number of halogens is 2. The Bertz CT molecular complexity index is 694. The van der Waals surface area contributed by atoms with Crippen LogP contribution in [0.3, 0.4) is 0 Å². The standard InChI is InChI=1S/C12H13BrClN3O2S/c1-7-4-9(13)5-10(14)12(7)20(18,19)16-11-6-15-17(3)8(11)2/h4-6H,1-3H3,(H-,16,18,19)/p+1. The van der Waals surface area contributed by atoms with Crippen molar-refractivity contribution >= 4 is 43.6 Å². The van der Waals surface area contributed by atoms with Gasteiger partial charge in [0.15, 0.2) is 0 Å². The van der Waals surface area contributed by atoms with E-state index in [1.165, 1.54) is 6.20 Å². The molecule has 0 aliphatic rings. The zero-order chi connectivity index (χ0) is 15.1. The molecule has 0 bridgehead atoms. The zero-order valence-corrected chi connectivity index (χ0v) is 14.3. The number of nitrogens with zero attached hydrogens (tertiary/aromatic N) is 2. The number of aromatic nitrogens is 2. The highest BCUT2D eigenvalue weighted by atomic mass is 79.9. The molecule has 5 nitrogen and oxygen atoms in total. The summed E-state index contributed by atoms with van der Waals surface area (Å²) in [4.78, 5) is 0.186. The van der Waals surface area contributed by atoms with Gasteiger partial charge in [0.2, 0.25) is 4.90 Å². The van der Waals surface area contributed by atoms with Crippen molar-refractivity contribution in [3.05, 3.63) is 39.1 Å². The molecule has 0 saturated heterocycles. The largest absolute Gasteiger partial charge is 0.348 e. The van der Waals surface area contributed by atoms with Gasteiger partial charge in [-0.05, 0) is 30.2 Å². The summed E-state index contributed by atoms with van der Waals surface area (Å²) < 4.78 is 27.9. The molecule has 2 N–H and O–H groups in total. The first-order valence-corrected chi connectivity index (χ1v) is 8.39. The Hall–Kier alpha value is -0.890. The molecular weight excluding hydrogens is 366 g/mol. The molecule has 0 radical (unpaired) electrons. The van der Waals surface area contributed by atoms with Crippen molar-refractivity contribution in [1.82, 2.24) is 9.78 Å². The number of aryl methyl sites for hydroxylation is 2. The smallest absolute Gasteiger partial charge is 0.271 e. The van der Waals surface area contributed by atoms with E-state index >= 15 is 0 Å². The Balaban J connectivity index is 2.46. The van der Waals surface area contributed by atoms with Gasteiger partial charge in [0.25, 0.3) is 0 Å². The molecule has 0 saturated carbocycles. The molecule has 1 atom stereocenters. The SMILES string of the molecule is Cc1cc(Br)cc(Cl)c1[S+](=O)(O)Nc1cnn(C)c1C. The molecular formula is C12H14BrClN3O2S+. The summed E-state index contributed by atoms with van der Waals surface area (Å²) in [6, 6.07) is 3.34. The third-order valence-electron chi connectivity index (χ3n) is 2.95. The van der Waals surface area contributed by atoms with Gasteiger partial charge < -0.3 is 0 Å². The van der Waals surface area contributed by atoms with Crippen LogP contribution >= 0.6 is 27.5 Å². The van der Waals surface area contributed by atoms with Crippen molar-refractivity contribution in [3.8, 4) is 0 Å². The Kier molecular flexibility index (Phi) is 4.24. The molecule has 1 aromatic heterocycles. The number of hydrogen-bond acceptors (Lipinski definition) is 2. The Morgan fingerprint density at radius 2 is 2.10 bits per heavy atom. The molecule has 2 aromatic rings. The van der Waals surface area contributed by atoms with Gasteiger partial charge >= 0.3 is 10.4 Å². The summed E-state index contributed by atoms with van der Waals surface area (Å²) in [6.07, 6.45) is 1.51. The summed E-state index contributed by atoms with van der Waals surface area (Å²) in [7, 11) is -1.75. The van der Waals surface area contributed by atoms with Crippen molar-refractivity contribution in [2.24, 2.45) is 7.05 Å². The van der Waals surface area contributed by atoms with E-state index in [1.807, 2.05) is 0 Å². The highest BCUT2D eigenvalue weighted by molar-refractivity contribution is 9.10. The molecule has 2 rings (SSSR count). The van der Waals surface area contributed by atoms with E-state index in [0.717, 1.165) is 10.2 Å². The van der Waals surface area contributed by atoms with E-state index < -0.39 is 10.4 Å². The van der Waals surface area contributed by atoms with Gasteiger partial charge in [0.1, 0.15) is 10.7 Å². The van der Waals surface area contributed by atoms with Crippen LogP contribution in [0.4, 0.5) is 5.69 Å². The first kappa shape index (κ1) is 15.5. The van der Waals surface area contributed by atoms with Crippen LogP contribution in [0.25, 0.3) is 0 Å². The van der Waals surface area contributed by atoms with Crippen LogP contribution in [0.5, 0.6) is 0 Å². The lowest BCUT2D eigenvalue weighted by molar-refractivity contribution is 0.502. The quantitative estimate of drug-likeness (QED) is 0.797. The Morgan fingerprint density at radius 3 is 2.60 bits per heavy atom. The predicted molar refractivity (Wildman–Crippen MR) is 84.4 cm³/mol. The second kappa shape index (κ2) is 5.48. The van der Waals surface area contributed by atoms with Crippen molar-refractivity contribution < 1.29 is 8.76 Å². The molecule has 0 fully saturated rings. The molecule has 1 unspecified atom stereocenters. The maximum atomic E-state index is 12.6. The van der Waals surface area contributed by atoms with Crippen LogP contribution in [0, 0.1) is 13.8 Å². The van der Waals surface area contributed by atoms with Crippen LogP contribution in [-0.2, 0) is 21.7 Å². The number of rotatable bonds is 3. The van der Waals surface area contributed by atoms with Gasteiger partial charge in [0.05, 0.1) is 11.9 Å². The average molecular weight is 380 g/mol. The Labute approximate surface area is 131 Å². The maximum absolute atomic E-state index is 12.6. The van der Waals surface area contributed by atoms with E-state index in [4.69, 9.17) is 11.6 Å². The van der Waals surface area contributed by atoms with Crippen molar-refractivity contribution in [2.75, 3.05) is 4.72 Å². The van der Waals surface area contributed by atoms with Gasteiger partial charge in [-0.2, -0.15) is 14.4 Å². The van der Waals surface area contributed by atoms with E-state index in [-0.39, 0.29) is 9.92 Å². The minimum absolute atomic E-state index is 0.186. The summed E-state index contributed by atoms with van der Waals surface area (Å²) in [5.41, 5.74) is 1.89. The van der Waals surface area contributed by atoms with Gasteiger partial charge in [-0.1, -0.05) is 27.5 Å². The van der Waals surface area contributed by atoms with Crippen LogP contribution in [0.1, 0.15) is 11.3 Å². The van der Waals surface area contributed by atoms with Crippen molar-refractivity contribution in [2.45, 2.75) is 18.7 Å². The molecule has 20 heavy (non-hydrogen) atoms. The minimum atomic E-state index is -3.51. The molecule has 0 spiro atoms.